The van der Waals surface area contributed by atoms with Gasteiger partial charge in [0.1, 0.15) is 17.3 Å². The first-order valence-electron chi connectivity index (χ1n) is 13.8. The summed E-state index contributed by atoms with van der Waals surface area (Å²) >= 11 is 0. The number of ketones is 3. The zero-order valence-corrected chi connectivity index (χ0v) is 26.4. The lowest BCUT2D eigenvalue weighted by Gasteiger charge is -2.26. The van der Waals surface area contributed by atoms with Gasteiger partial charge < -0.3 is 0 Å². The van der Waals surface area contributed by atoms with Gasteiger partial charge in [0.15, 0.2) is 0 Å². The molecule has 0 unspecified atom stereocenters. The molecule has 0 spiro atoms. The molecule has 0 aliphatic heterocycles. The molecule has 3 heteroatoms. The molecule has 0 heterocycles. The van der Waals surface area contributed by atoms with Crippen molar-refractivity contribution in [1.82, 2.24) is 0 Å². The molecule has 0 aromatic heterocycles. The first-order valence-corrected chi connectivity index (χ1v) is 13.8. The second-order valence-corrected chi connectivity index (χ2v) is 12.9. The van der Waals surface area contributed by atoms with Crippen LogP contribution >= 0.6 is 0 Å². The molecule has 0 saturated heterocycles. The Balaban J connectivity index is -0.000000123. The first-order chi connectivity index (χ1) is 15.2. The van der Waals surface area contributed by atoms with E-state index < -0.39 is 0 Å². The second kappa shape index (κ2) is 21.1. The van der Waals surface area contributed by atoms with E-state index >= 15 is 0 Å². The van der Waals surface area contributed by atoms with E-state index in [0.717, 1.165) is 44.9 Å². The molecule has 0 aliphatic carbocycles. The number of hydrogen-bond donors (Lipinski definition) is 0. The van der Waals surface area contributed by atoms with Crippen LogP contribution in [0, 0.1) is 21.7 Å². The quantitative estimate of drug-likeness (QED) is 0.316. The lowest BCUT2D eigenvalue weighted by molar-refractivity contribution is -0.128. The zero-order chi connectivity index (χ0) is 28.4. The van der Waals surface area contributed by atoms with Crippen molar-refractivity contribution in [3.05, 3.63) is 0 Å². The highest BCUT2D eigenvalue weighted by Gasteiger charge is 2.27. The van der Waals surface area contributed by atoms with Crippen molar-refractivity contribution >= 4 is 17.3 Å². The van der Waals surface area contributed by atoms with Crippen molar-refractivity contribution in [1.29, 1.82) is 0 Å². The Labute approximate surface area is 223 Å². The number of carbonyl (C=O) groups is 3. The molecular weight excluding hydrogens is 432 g/mol. The third kappa shape index (κ3) is 29.1. The van der Waals surface area contributed by atoms with E-state index in [1.54, 1.807) is 0 Å². The third-order valence-electron chi connectivity index (χ3n) is 5.62. The number of hydrogen-bond acceptors (Lipinski definition) is 3. The van der Waals surface area contributed by atoms with E-state index in [1.165, 1.54) is 0 Å². The van der Waals surface area contributed by atoms with Gasteiger partial charge in [0, 0.05) is 35.5 Å². The van der Waals surface area contributed by atoms with Crippen molar-refractivity contribution in [2.75, 3.05) is 0 Å². The number of carbonyl (C=O) groups excluding carboxylic acids is 3. The maximum absolute atomic E-state index is 11.6. The minimum Gasteiger partial charge on any atom is -0.299 e. The Bertz CT molecular complexity index is 505. The average molecular weight is 501 g/mol. The summed E-state index contributed by atoms with van der Waals surface area (Å²) in [5.41, 5.74) is -0.263. The van der Waals surface area contributed by atoms with E-state index in [9.17, 15) is 14.4 Å². The Kier molecular flexibility index (Phi) is 26.6. The topological polar surface area (TPSA) is 51.2 Å². The standard InChI is InChI=1S/C11H22O.2C9H18O.C2H6.CH4/c1-7-11(5,6)8-9(12)10(2,3)4;2*1-5-6-7-8(10)9(2,3)4;1-2;/h7-8H2,1-6H3;2*5-7H2,1-4H3;1-2H3;1H4. The molecule has 0 atom stereocenters. The molecule has 0 fully saturated rings. The van der Waals surface area contributed by atoms with Gasteiger partial charge in [0.25, 0.3) is 0 Å². The monoisotopic (exact) mass is 501 g/mol. The van der Waals surface area contributed by atoms with E-state index in [-0.39, 0.29) is 29.1 Å². The molecule has 0 N–H and O–H groups in total. The van der Waals surface area contributed by atoms with Gasteiger partial charge in [0.2, 0.25) is 0 Å². The van der Waals surface area contributed by atoms with Crippen LogP contribution in [0.3, 0.4) is 0 Å². The van der Waals surface area contributed by atoms with Crippen LogP contribution in [-0.2, 0) is 14.4 Å². The molecule has 0 rings (SSSR count). The van der Waals surface area contributed by atoms with Gasteiger partial charge in [-0.2, -0.15) is 0 Å². The minimum atomic E-state index is -0.174. The molecule has 0 bridgehead atoms. The van der Waals surface area contributed by atoms with Gasteiger partial charge in [-0.25, -0.2) is 0 Å². The van der Waals surface area contributed by atoms with Gasteiger partial charge >= 0.3 is 0 Å². The second-order valence-electron chi connectivity index (χ2n) is 12.9. The van der Waals surface area contributed by atoms with Crippen LogP contribution in [0.4, 0.5) is 0 Å². The summed E-state index contributed by atoms with van der Waals surface area (Å²) in [6, 6.07) is 0. The summed E-state index contributed by atoms with van der Waals surface area (Å²) in [7, 11) is 0. The van der Waals surface area contributed by atoms with E-state index in [4.69, 9.17) is 0 Å². The highest BCUT2D eigenvalue weighted by molar-refractivity contribution is 5.84. The maximum atomic E-state index is 11.6. The summed E-state index contributed by atoms with van der Waals surface area (Å²) in [6.45, 7) is 32.5. The van der Waals surface area contributed by atoms with Crippen LogP contribution in [-0.4, -0.2) is 17.3 Å². The van der Waals surface area contributed by atoms with Gasteiger partial charge in [0.05, 0.1) is 0 Å². The fourth-order valence-electron chi connectivity index (χ4n) is 2.25. The number of Topliss-reactive ketones (excluding diaryl/α,β-unsaturated/α-hetero) is 3. The van der Waals surface area contributed by atoms with Crippen LogP contribution in [0.1, 0.15) is 170 Å². The van der Waals surface area contributed by atoms with Gasteiger partial charge in [-0.1, -0.05) is 137 Å². The van der Waals surface area contributed by atoms with Crippen molar-refractivity contribution in [3.63, 3.8) is 0 Å². The SMILES string of the molecule is C.CC.CCC(C)(C)CC(=O)C(C)(C)C.CCCCC(=O)C(C)(C)C.CCCCC(=O)C(C)(C)C. The highest BCUT2D eigenvalue weighted by atomic mass is 16.1. The van der Waals surface area contributed by atoms with Crippen molar-refractivity contribution in [2.24, 2.45) is 21.7 Å². The van der Waals surface area contributed by atoms with Crippen molar-refractivity contribution < 1.29 is 14.4 Å². The predicted molar refractivity (Wildman–Crippen MR) is 159 cm³/mol. The molecular formula is C32H68O3. The number of unbranched alkanes of at least 4 members (excludes halogenated alkanes) is 2. The average Bonchev–Trinajstić information content (AvgIpc) is 2.70. The Hall–Kier alpha value is -0.990. The largest absolute Gasteiger partial charge is 0.299 e. The van der Waals surface area contributed by atoms with Gasteiger partial charge in [-0.15, -0.1) is 0 Å². The molecule has 0 radical (unpaired) electrons. The molecule has 35 heavy (non-hydrogen) atoms. The van der Waals surface area contributed by atoms with E-state index in [2.05, 4.69) is 34.6 Å². The Morgan fingerprint density at radius 3 is 0.943 bits per heavy atom. The summed E-state index contributed by atoms with van der Waals surface area (Å²) in [6.07, 6.45) is 7.57. The van der Waals surface area contributed by atoms with Crippen molar-refractivity contribution in [3.8, 4) is 0 Å². The summed E-state index contributed by atoms with van der Waals surface area (Å²) in [5, 5.41) is 0. The smallest absolute Gasteiger partial charge is 0.138 e. The molecule has 0 aromatic carbocycles. The Morgan fingerprint density at radius 2 is 0.771 bits per heavy atom. The lowest BCUT2D eigenvalue weighted by Crippen LogP contribution is -2.26. The van der Waals surface area contributed by atoms with E-state index in [0.29, 0.717) is 23.8 Å². The first kappa shape index (κ1) is 44.0. The minimum absolute atomic E-state index is 0. The normalized spacial score (nSPS) is 11.3. The lowest BCUT2D eigenvalue weighted by atomic mass is 9.78. The molecule has 214 valence electrons. The molecule has 3 nitrogen and oxygen atoms in total. The Morgan fingerprint density at radius 1 is 0.514 bits per heavy atom. The van der Waals surface area contributed by atoms with Crippen LogP contribution in [0.5, 0.6) is 0 Å². The molecule has 0 amide bonds. The maximum Gasteiger partial charge on any atom is 0.138 e. The summed E-state index contributed by atoms with van der Waals surface area (Å²) in [4.78, 5) is 34.1. The fourth-order valence-corrected chi connectivity index (χ4v) is 2.25. The predicted octanol–water partition coefficient (Wildman–Crippen LogP) is 10.7. The molecule has 0 aromatic rings. The van der Waals surface area contributed by atoms with Crippen molar-refractivity contribution in [2.45, 2.75) is 170 Å². The van der Waals surface area contributed by atoms with Crippen LogP contribution in [0.25, 0.3) is 0 Å². The third-order valence-corrected chi connectivity index (χ3v) is 5.62. The van der Waals surface area contributed by atoms with E-state index in [1.807, 2.05) is 76.2 Å². The molecule has 0 aliphatic rings. The van der Waals surface area contributed by atoms with Crippen LogP contribution in [0.2, 0.25) is 0 Å². The van der Waals surface area contributed by atoms with Crippen LogP contribution < -0.4 is 0 Å². The summed E-state index contributed by atoms with van der Waals surface area (Å²) in [5.74, 6) is 1.14. The zero-order valence-electron chi connectivity index (χ0n) is 26.4. The van der Waals surface area contributed by atoms with Gasteiger partial charge in [-0.05, 0) is 18.3 Å². The number of rotatable bonds is 9. The highest BCUT2D eigenvalue weighted by Crippen LogP contribution is 2.29. The van der Waals surface area contributed by atoms with Crippen LogP contribution in [0.15, 0.2) is 0 Å². The van der Waals surface area contributed by atoms with Gasteiger partial charge in [-0.3, -0.25) is 14.4 Å². The molecule has 0 saturated carbocycles. The summed E-state index contributed by atoms with van der Waals surface area (Å²) < 4.78 is 0. The fraction of sp³-hybridized carbons (Fsp3) is 0.906.